The molecular weight excluding hydrogens is 229 g/mol. The van der Waals surface area contributed by atoms with Crippen molar-refractivity contribution in [3.8, 4) is 0 Å². The molecule has 1 aliphatic rings. The van der Waals surface area contributed by atoms with E-state index in [4.69, 9.17) is 0 Å². The van der Waals surface area contributed by atoms with Gasteiger partial charge in [0.1, 0.15) is 5.82 Å². The number of benzene rings is 1. The fraction of sp³-hybridized carbons (Fsp3) is 0.600. The molecule has 0 radical (unpaired) electrons. The van der Waals surface area contributed by atoms with Gasteiger partial charge >= 0.3 is 0 Å². The highest BCUT2D eigenvalue weighted by molar-refractivity contribution is 5.20. The summed E-state index contributed by atoms with van der Waals surface area (Å²) in [5.74, 6) is 0.992. The lowest BCUT2D eigenvalue weighted by Gasteiger charge is -2.36. The maximum atomic E-state index is 13.6. The van der Waals surface area contributed by atoms with Gasteiger partial charge in [-0.1, -0.05) is 32.0 Å². The largest absolute Gasteiger partial charge is 0.387 e. The molecule has 1 aliphatic heterocycles. The Labute approximate surface area is 108 Å². The van der Waals surface area contributed by atoms with Gasteiger partial charge < -0.3 is 5.11 Å². The molecule has 1 heterocycles. The second-order valence-corrected chi connectivity index (χ2v) is 5.70. The lowest BCUT2D eigenvalue weighted by atomic mass is 9.91. The third-order valence-corrected chi connectivity index (χ3v) is 3.64. The van der Waals surface area contributed by atoms with E-state index < -0.39 is 6.10 Å². The monoisotopic (exact) mass is 251 g/mol. The minimum Gasteiger partial charge on any atom is -0.387 e. The first-order valence-corrected chi connectivity index (χ1v) is 6.71. The number of aliphatic hydroxyl groups is 1. The Morgan fingerprint density at radius 3 is 2.50 bits per heavy atom. The van der Waals surface area contributed by atoms with Crippen LogP contribution in [0.15, 0.2) is 24.3 Å². The van der Waals surface area contributed by atoms with Crippen molar-refractivity contribution in [3.05, 3.63) is 35.6 Å². The van der Waals surface area contributed by atoms with Crippen LogP contribution in [-0.2, 0) is 0 Å². The number of piperidine rings is 1. The van der Waals surface area contributed by atoms with Crippen molar-refractivity contribution < 1.29 is 9.50 Å². The molecule has 0 aliphatic carbocycles. The topological polar surface area (TPSA) is 23.5 Å². The Bertz CT molecular complexity index is 386. The van der Waals surface area contributed by atoms with Gasteiger partial charge in [0.15, 0.2) is 0 Å². The van der Waals surface area contributed by atoms with Gasteiger partial charge in [-0.2, -0.15) is 0 Å². The summed E-state index contributed by atoms with van der Waals surface area (Å²) >= 11 is 0. The van der Waals surface area contributed by atoms with Crippen LogP contribution in [-0.4, -0.2) is 29.6 Å². The zero-order valence-corrected chi connectivity index (χ0v) is 11.1. The molecule has 0 aromatic heterocycles. The number of hydrogen-bond acceptors (Lipinski definition) is 2. The van der Waals surface area contributed by atoms with E-state index in [1.807, 2.05) is 0 Å². The number of halogens is 1. The van der Waals surface area contributed by atoms with Crippen molar-refractivity contribution in [2.75, 3.05) is 19.6 Å². The van der Waals surface area contributed by atoms with Crippen LogP contribution in [0.4, 0.5) is 4.39 Å². The molecule has 0 saturated carbocycles. The molecule has 3 unspecified atom stereocenters. The first kappa shape index (κ1) is 13.5. The summed E-state index contributed by atoms with van der Waals surface area (Å²) in [6.45, 7) is 6.98. The van der Waals surface area contributed by atoms with E-state index in [1.54, 1.807) is 18.2 Å². The van der Waals surface area contributed by atoms with Gasteiger partial charge in [0.25, 0.3) is 0 Å². The van der Waals surface area contributed by atoms with E-state index in [9.17, 15) is 9.50 Å². The lowest BCUT2D eigenvalue weighted by Crippen LogP contribution is -2.40. The predicted octanol–water partition coefficient (Wildman–Crippen LogP) is 2.84. The number of rotatable bonds is 3. The maximum Gasteiger partial charge on any atom is 0.129 e. The van der Waals surface area contributed by atoms with Crippen LogP contribution >= 0.6 is 0 Å². The fourth-order valence-electron chi connectivity index (χ4n) is 3.03. The second-order valence-electron chi connectivity index (χ2n) is 5.70. The molecule has 1 fully saturated rings. The minimum absolute atomic E-state index is 0.317. The Kier molecular flexibility index (Phi) is 4.36. The SMILES string of the molecule is CC1CC(C)CN(CC(O)c2ccccc2F)C1. The molecule has 0 bridgehead atoms. The first-order chi connectivity index (χ1) is 8.56. The van der Waals surface area contributed by atoms with Gasteiger partial charge in [0.2, 0.25) is 0 Å². The number of likely N-dealkylation sites (tertiary alicyclic amines) is 1. The van der Waals surface area contributed by atoms with E-state index in [1.165, 1.54) is 12.5 Å². The van der Waals surface area contributed by atoms with Crippen LogP contribution < -0.4 is 0 Å². The van der Waals surface area contributed by atoms with Crippen LogP contribution in [0, 0.1) is 17.7 Å². The normalized spacial score (nSPS) is 27.1. The standard InChI is InChI=1S/C15H22FNO/c1-11-7-12(2)9-17(8-11)10-15(18)13-5-3-4-6-14(13)16/h3-6,11-12,15,18H,7-10H2,1-2H3. The lowest BCUT2D eigenvalue weighted by molar-refractivity contribution is 0.0682. The Hall–Kier alpha value is -0.930. The Morgan fingerprint density at radius 1 is 1.28 bits per heavy atom. The van der Waals surface area contributed by atoms with Gasteiger partial charge in [0.05, 0.1) is 6.10 Å². The van der Waals surface area contributed by atoms with Crippen molar-refractivity contribution in [2.24, 2.45) is 11.8 Å². The zero-order valence-electron chi connectivity index (χ0n) is 11.1. The van der Waals surface area contributed by atoms with Crippen molar-refractivity contribution in [1.82, 2.24) is 4.90 Å². The highest BCUT2D eigenvalue weighted by Gasteiger charge is 2.24. The molecule has 2 nitrogen and oxygen atoms in total. The highest BCUT2D eigenvalue weighted by atomic mass is 19.1. The van der Waals surface area contributed by atoms with E-state index in [0.29, 0.717) is 23.9 Å². The van der Waals surface area contributed by atoms with Crippen LogP contribution in [0.25, 0.3) is 0 Å². The van der Waals surface area contributed by atoms with E-state index in [0.717, 1.165) is 13.1 Å². The van der Waals surface area contributed by atoms with Gasteiger partial charge in [-0.05, 0) is 24.3 Å². The van der Waals surface area contributed by atoms with Crippen LogP contribution in [0.5, 0.6) is 0 Å². The van der Waals surface area contributed by atoms with Gasteiger partial charge in [-0.3, -0.25) is 4.90 Å². The molecule has 0 amide bonds. The number of nitrogens with zero attached hydrogens (tertiary/aromatic N) is 1. The average molecular weight is 251 g/mol. The number of hydrogen-bond donors (Lipinski definition) is 1. The molecular formula is C15H22FNO. The summed E-state index contributed by atoms with van der Waals surface area (Å²) < 4.78 is 13.6. The average Bonchev–Trinajstić information content (AvgIpc) is 2.27. The second kappa shape index (κ2) is 5.81. The third-order valence-electron chi connectivity index (χ3n) is 3.64. The van der Waals surface area contributed by atoms with Gasteiger partial charge in [-0.25, -0.2) is 4.39 Å². The quantitative estimate of drug-likeness (QED) is 0.893. The summed E-state index contributed by atoms with van der Waals surface area (Å²) in [7, 11) is 0. The number of β-amino-alcohol motifs (C(OH)–C–C–N with tert-alkyl or cyclic N) is 1. The molecule has 18 heavy (non-hydrogen) atoms. The molecule has 3 atom stereocenters. The van der Waals surface area contributed by atoms with E-state index in [2.05, 4.69) is 18.7 Å². The van der Waals surface area contributed by atoms with Crippen LogP contribution in [0.1, 0.15) is 31.9 Å². The fourth-order valence-corrected chi connectivity index (χ4v) is 3.03. The van der Waals surface area contributed by atoms with Crippen LogP contribution in [0.3, 0.4) is 0 Å². The minimum atomic E-state index is -0.733. The molecule has 1 aromatic rings. The highest BCUT2D eigenvalue weighted by Crippen LogP contribution is 2.24. The van der Waals surface area contributed by atoms with Crippen molar-refractivity contribution in [2.45, 2.75) is 26.4 Å². The number of aliphatic hydroxyl groups excluding tert-OH is 1. The molecule has 1 aromatic carbocycles. The molecule has 1 N–H and O–H groups in total. The molecule has 0 spiro atoms. The first-order valence-electron chi connectivity index (χ1n) is 6.71. The molecule has 3 heteroatoms. The van der Waals surface area contributed by atoms with Crippen LogP contribution in [0.2, 0.25) is 0 Å². The maximum absolute atomic E-state index is 13.6. The van der Waals surface area contributed by atoms with E-state index in [-0.39, 0.29) is 5.82 Å². The summed E-state index contributed by atoms with van der Waals surface area (Å²) in [4.78, 5) is 2.25. The zero-order chi connectivity index (χ0) is 13.1. The smallest absolute Gasteiger partial charge is 0.129 e. The predicted molar refractivity (Wildman–Crippen MR) is 70.7 cm³/mol. The summed E-state index contributed by atoms with van der Waals surface area (Å²) in [5.41, 5.74) is 0.406. The Balaban J connectivity index is 1.99. The summed E-state index contributed by atoms with van der Waals surface area (Å²) in [6.07, 6.45) is 0.510. The van der Waals surface area contributed by atoms with Crippen molar-refractivity contribution in [1.29, 1.82) is 0 Å². The molecule has 1 saturated heterocycles. The van der Waals surface area contributed by atoms with Gasteiger partial charge in [-0.15, -0.1) is 0 Å². The Morgan fingerprint density at radius 2 is 1.89 bits per heavy atom. The summed E-state index contributed by atoms with van der Waals surface area (Å²) in [6, 6.07) is 6.48. The molecule has 100 valence electrons. The van der Waals surface area contributed by atoms with Gasteiger partial charge in [0, 0.05) is 25.2 Å². The van der Waals surface area contributed by atoms with Crippen molar-refractivity contribution in [3.63, 3.8) is 0 Å². The molecule has 2 rings (SSSR count). The van der Waals surface area contributed by atoms with Crippen molar-refractivity contribution >= 4 is 0 Å². The van der Waals surface area contributed by atoms with E-state index >= 15 is 0 Å². The third kappa shape index (κ3) is 3.30. The summed E-state index contributed by atoms with van der Waals surface area (Å²) in [5, 5.41) is 10.1.